The van der Waals surface area contributed by atoms with Gasteiger partial charge in [-0.3, -0.25) is 4.99 Å². The predicted molar refractivity (Wildman–Crippen MR) is 135 cm³/mol. The fourth-order valence-corrected chi connectivity index (χ4v) is 4.52. The number of hydrogen-bond acceptors (Lipinski definition) is 2. The van der Waals surface area contributed by atoms with Gasteiger partial charge in [-0.1, -0.05) is 37.9 Å². The van der Waals surface area contributed by atoms with Gasteiger partial charge < -0.3 is 9.30 Å². The Balaban J connectivity index is 1.38. The second-order valence-electron chi connectivity index (χ2n) is 7.32. The molecule has 0 unspecified atom stereocenters. The molecule has 1 aromatic heterocycles. The molecule has 0 aliphatic heterocycles. The van der Waals surface area contributed by atoms with Crippen molar-refractivity contribution in [3.8, 4) is 11.4 Å². The van der Waals surface area contributed by atoms with Crippen LogP contribution < -0.4 is 4.74 Å². The molecule has 0 spiro atoms. The van der Waals surface area contributed by atoms with Gasteiger partial charge in [-0.25, -0.2) is 0 Å². The zero-order chi connectivity index (χ0) is 21.8. The predicted octanol–water partition coefficient (Wildman–Crippen LogP) is 7.95. The lowest BCUT2D eigenvalue weighted by molar-refractivity contribution is 0.305. The Morgan fingerprint density at radius 2 is 1.52 bits per heavy atom. The topological polar surface area (TPSA) is 26.5 Å². The van der Waals surface area contributed by atoms with Crippen LogP contribution in [0, 0.1) is 13.8 Å². The number of aliphatic imine (C=N–C) groups is 1. The number of aromatic nitrogens is 1. The smallest absolute Gasteiger partial charge is 0.119 e. The molecule has 0 radical (unpaired) electrons. The van der Waals surface area contributed by atoms with Gasteiger partial charge in [0.2, 0.25) is 0 Å². The molecule has 4 rings (SSSR count). The summed E-state index contributed by atoms with van der Waals surface area (Å²) in [5.41, 5.74) is 6.65. The summed E-state index contributed by atoms with van der Waals surface area (Å²) in [6.07, 6.45) is 1.87. The van der Waals surface area contributed by atoms with Crippen molar-refractivity contribution in [1.29, 1.82) is 0 Å². The van der Waals surface area contributed by atoms with Crippen LogP contribution in [-0.4, -0.2) is 10.8 Å². The van der Waals surface area contributed by atoms with E-state index < -0.39 is 0 Å². The van der Waals surface area contributed by atoms with Crippen LogP contribution in [0.5, 0.6) is 5.75 Å². The number of aryl methyl sites for hydroxylation is 2. The van der Waals surface area contributed by atoms with E-state index in [1.165, 1.54) is 11.4 Å². The Hall–Kier alpha value is -2.63. The Morgan fingerprint density at radius 3 is 2.16 bits per heavy atom. The SMILES string of the molecule is Cc1ccc(C)n1-c1ccc(N=Cc2ccc(OCc3ccc(Br)cc3Br)cc2)cc1. The molecule has 1 heterocycles. The van der Waals surface area contributed by atoms with Crippen LogP contribution in [0.4, 0.5) is 5.69 Å². The minimum atomic E-state index is 0.508. The first kappa shape index (κ1) is 21.6. The molecule has 31 heavy (non-hydrogen) atoms. The largest absolute Gasteiger partial charge is 0.489 e. The van der Waals surface area contributed by atoms with Crippen molar-refractivity contribution in [2.75, 3.05) is 0 Å². The lowest BCUT2D eigenvalue weighted by Gasteiger charge is -2.09. The van der Waals surface area contributed by atoms with E-state index in [1.807, 2.05) is 60.8 Å². The van der Waals surface area contributed by atoms with Crippen LogP contribution >= 0.6 is 31.9 Å². The van der Waals surface area contributed by atoms with Crippen molar-refractivity contribution < 1.29 is 4.74 Å². The number of nitrogens with zero attached hydrogens (tertiary/aromatic N) is 2. The molecule has 4 aromatic rings. The van der Waals surface area contributed by atoms with Gasteiger partial charge >= 0.3 is 0 Å². The molecular formula is C26H22Br2N2O. The van der Waals surface area contributed by atoms with Gasteiger partial charge in [-0.05, 0) is 92.2 Å². The van der Waals surface area contributed by atoms with Crippen LogP contribution in [0.2, 0.25) is 0 Å². The van der Waals surface area contributed by atoms with Crippen LogP contribution in [0.3, 0.4) is 0 Å². The molecule has 156 valence electrons. The Kier molecular flexibility index (Phi) is 6.73. The maximum atomic E-state index is 5.91. The van der Waals surface area contributed by atoms with E-state index in [0.717, 1.165) is 37.2 Å². The Morgan fingerprint density at radius 1 is 0.839 bits per heavy atom. The highest BCUT2D eigenvalue weighted by Crippen LogP contribution is 2.24. The highest BCUT2D eigenvalue weighted by molar-refractivity contribution is 9.11. The van der Waals surface area contributed by atoms with Crippen molar-refractivity contribution >= 4 is 43.8 Å². The Labute approximate surface area is 199 Å². The van der Waals surface area contributed by atoms with E-state index in [-0.39, 0.29) is 0 Å². The first-order valence-electron chi connectivity index (χ1n) is 9.96. The van der Waals surface area contributed by atoms with E-state index in [2.05, 4.69) is 79.5 Å². The van der Waals surface area contributed by atoms with Gasteiger partial charge in [0.25, 0.3) is 0 Å². The quantitative estimate of drug-likeness (QED) is 0.229. The molecule has 3 aromatic carbocycles. The molecule has 3 nitrogen and oxygen atoms in total. The fraction of sp³-hybridized carbons (Fsp3) is 0.115. The van der Waals surface area contributed by atoms with Gasteiger partial charge in [0.15, 0.2) is 0 Å². The van der Waals surface area contributed by atoms with Gasteiger partial charge in [0.05, 0.1) is 5.69 Å². The summed E-state index contributed by atoms with van der Waals surface area (Å²) in [6.45, 7) is 4.74. The highest BCUT2D eigenvalue weighted by Gasteiger charge is 2.04. The number of halogens is 2. The van der Waals surface area contributed by atoms with Crippen LogP contribution in [-0.2, 0) is 6.61 Å². The molecule has 0 bridgehead atoms. The number of hydrogen-bond donors (Lipinski definition) is 0. The summed E-state index contributed by atoms with van der Waals surface area (Å²) in [7, 11) is 0. The summed E-state index contributed by atoms with van der Waals surface area (Å²) >= 11 is 7.03. The third kappa shape index (κ3) is 5.35. The molecule has 0 aliphatic rings. The van der Waals surface area contributed by atoms with E-state index in [9.17, 15) is 0 Å². The standard InChI is InChI=1S/C26H22Br2N2O/c1-18-3-4-19(2)30(18)24-11-9-23(10-12-24)29-16-20-5-13-25(14-6-20)31-17-21-7-8-22(27)15-26(21)28/h3-16H,17H2,1-2H3. The second-order valence-corrected chi connectivity index (χ2v) is 9.09. The monoisotopic (exact) mass is 536 g/mol. The fourth-order valence-electron chi connectivity index (χ4n) is 3.36. The zero-order valence-electron chi connectivity index (χ0n) is 17.3. The number of ether oxygens (including phenoxy) is 1. The number of rotatable bonds is 6. The zero-order valence-corrected chi connectivity index (χ0v) is 20.5. The average molecular weight is 538 g/mol. The molecule has 0 fully saturated rings. The lowest BCUT2D eigenvalue weighted by Crippen LogP contribution is -1.97. The maximum absolute atomic E-state index is 5.91. The molecule has 0 saturated heterocycles. The summed E-state index contributed by atoms with van der Waals surface area (Å²) < 4.78 is 10.2. The summed E-state index contributed by atoms with van der Waals surface area (Å²) in [4.78, 5) is 4.60. The molecule has 0 atom stereocenters. The van der Waals surface area contributed by atoms with Crippen LogP contribution in [0.25, 0.3) is 5.69 Å². The summed E-state index contributed by atoms with van der Waals surface area (Å²) in [5, 5.41) is 0. The van der Waals surface area contributed by atoms with Crippen LogP contribution in [0.15, 0.2) is 92.8 Å². The molecule has 0 amide bonds. The molecule has 5 heteroatoms. The van der Waals surface area contributed by atoms with Crippen molar-refractivity contribution in [3.05, 3.63) is 110 Å². The third-order valence-electron chi connectivity index (χ3n) is 5.03. The van der Waals surface area contributed by atoms with Crippen molar-refractivity contribution in [3.63, 3.8) is 0 Å². The van der Waals surface area contributed by atoms with Gasteiger partial charge in [-0.2, -0.15) is 0 Å². The minimum absolute atomic E-state index is 0.508. The third-order valence-corrected chi connectivity index (χ3v) is 6.26. The second kappa shape index (κ2) is 9.67. The molecular weight excluding hydrogens is 516 g/mol. The van der Waals surface area contributed by atoms with Gasteiger partial charge in [0.1, 0.15) is 12.4 Å². The first-order chi connectivity index (χ1) is 15.0. The van der Waals surface area contributed by atoms with Crippen LogP contribution in [0.1, 0.15) is 22.5 Å². The maximum Gasteiger partial charge on any atom is 0.119 e. The van der Waals surface area contributed by atoms with E-state index in [4.69, 9.17) is 4.74 Å². The normalized spacial score (nSPS) is 11.2. The van der Waals surface area contributed by atoms with Crippen molar-refractivity contribution in [2.45, 2.75) is 20.5 Å². The summed E-state index contributed by atoms with van der Waals surface area (Å²) in [6, 6.07) is 26.6. The van der Waals surface area contributed by atoms with Crippen molar-refractivity contribution in [2.24, 2.45) is 4.99 Å². The van der Waals surface area contributed by atoms with E-state index in [0.29, 0.717) is 6.61 Å². The van der Waals surface area contributed by atoms with E-state index >= 15 is 0 Å². The molecule has 0 N–H and O–H groups in total. The lowest BCUT2D eigenvalue weighted by atomic mass is 10.2. The average Bonchev–Trinajstić information content (AvgIpc) is 3.11. The highest BCUT2D eigenvalue weighted by atomic mass is 79.9. The molecule has 0 aliphatic carbocycles. The van der Waals surface area contributed by atoms with E-state index in [1.54, 1.807) is 0 Å². The summed E-state index contributed by atoms with van der Waals surface area (Å²) in [5.74, 6) is 0.828. The number of benzene rings is 3. The first-order valence-corrected chi connectivity index (χ1v) is 11.5. The Bertz CT molecular complexity index is 1190. The van der Waals surface area contributed by atoms with Gasteiger partial charge in [0, 0.05) is 37.8 Å². The van der Waals surface area contributed by atoms with Gasteiger partial charge in [-0.15, -0.1) is 0 Å². The molecule has 0 saturated carbocycles. The minimum Gasteiger partial charge on any atom is -0.489 e. The van der Waals surface area contributed by atoms with Crippen molar-refractivity contribution in [1.82, 2.24) is 4.57 Å².